The molecule has 4 amide bonds. The largest absolute Gasteiger partial charge is 0.465 e. The number of rotatable bonds is 6. The summed E-state index contributed by atoms with van der Waals surface area (Å²) in [6.45, 7) is -0.0445. The molecule has 8 nitrogen and oxygen atoms in total. The van der Waals surface area contributed by atoms with E-state index in [2.05, 4.69) is 5.32 Å². The van der Waals surface area contributed by atoms with E-state index in [0.717, 1.165) is 21.1 Å². The Labute approximate surface area is 230 Å². The molecular weight excluding hydrogens is 545 g/mol. The highest BCUT2D eigenvalue weighted by molar-refractivity contribution is 7.18. The minimum Gasteiger partial charge on any atom is -0.465 e. The molecule has 0 radical (unpaired) electrons. The number of fused-ring (bicyclic) bond motifs is 1. The summed E-state index contributed by atoms with van der Waals surface area (Å²) in [4.78, 5) is 52.8. The van der Waals surface area contributed by atoms with Crippen LogP contribution in [-0.2, 0) is 6.54 Å². The predicted octanol–water partition coefficient (Wildman–Crippen LogP) is 6.37. The summed E-state index contributed by atoms with van der Waals surface area (Å²) < 4.78 is 14.7. The Balaban J connectivity index is 1.40. The molecule has 0 saturated carbocycles. The number of imide groups is 1. The Morgan fingerprint density at radius 3 is 2.46 bits per heavy atom. The quantitative estimate of drug-likeness (QED) is 0.265. The van der Waals surface area contributed by atoms with Crippen LogP contribution >= 0.6 is 22.9 Å². The summed E-state index contributed by atoms with van der Waals surface area (Å²) in [5.41, 5.74) is 2.23. The molecule has 0 saturated heterocycles. The van der Waals surface area contributed by atoms with Gasteiger partial charge in [-0.3, -0.25) is 24.2 Å². The second-order valence-electron chi connectivity index (χ2n) is 8.69. The second-order valence-corrected chi connectivity index (χ2v) is 10.4. The number of carboxylic acid groups (broad SMARTS) is 1. The Kier molecular flexibility index (Phi) is 6.90. The van der Waals surface area contributed by atoms with E-state index in [1.807, 2.05) is 0 Å². The van der Waals surface area contributed by atoms with Gasteiger partial charge in [0.05, 0.1) is 38.3 Å². The maximum Gasteiger partial charge on any atom is 0.411 e. The number of thiophene rings is 1. The van der Waals surface area contributed by atoms with Crippen LogP contribution in [0.1, 0.15) is 36.0 Å². The molecule has 1 aliphatic rings. The third kappa shape index (κ3) is 4.99. The zero-order valence-corrected chi connectivity index (χ0v) is 21.8. The second kappa shape index (κ2) is 10.3. The van der Waals surface area contributed by atoms with Crippen LogP contribution in [0.4, 0.5) is 20.6 Å². The molecule has 0 unspecified atom stereocenters. The third-order valence-electron chi connectivity index (χ3n) is 6.24. The third-order valence-corrected chi connectivity index (χ3v) is 7.47. The number of hydrogen-bond donors (Lipinski definition) is 2. The van der Waals surface area contributed by atoms with Crippen molar-refractivity contribution in [3.63, 3.8) is 0 Å². The average molecular weight is 564 g/mol. The van der Waals surface area contributed by atoms with Crippen LogP contribution in [0.3, 0.4) is 0 Å². The van der Waals surface area contributed by atoms with Gasteiger partial charge in [0.25, 0.3) is 17.7 Å². The van der Waals surface area contributed by atoms with Gasteiger partial charge in [-0.15, -0.1) is 11.3 Å². The van der Waals surface area contributed by atoms with Gasteiger partial charge in [-0.2, -0.15) is 0 Å². The lowest BCUT2D eigenvalue weighted by Gasteiger charge is -2.17. The summed E-state index contributed by atoms with van der Waals surface area (Å²) in [6.07, 6.45) is -1.31. The van der Waals surface area contributed by atoms with Gasteiger partial charge in [0.2, 0.25) is 0 Å². The minimum atomic E-state index is -1.31. The molecule has 196 valence electrons. The van der Waals surface area contributed by atoms with Gasteiger partial charge in [-0.05, 0) is 59.2 Å². The number of benzene rings is 3. The molecule has 0 fully saturated rings. The SMILES string of the molecule is CN(C(=O)O)c1cc(-c2cccc(CN3C(=O)c4cccc(NC(=O)c5ccc(Cl)s5)c4C3=O)c2)ccc1F. The molecule has 0 atom stereocenters. The smallest absolute Gasteiger partial charge is 0.411 e. The van der Waals surface area contributed by atoms with Crippen molar-refractivity contribution in [2.45, 2.75) is 6.54 Å². The van der Waals surface area contributed by atoms with Gasteiger partial charge in [0.1, 0.15) is 5.82 Å². The fourth-order valence-corrected chi connectivity index (χ4v) is 5.22. The van der Waals surface area contributed by atoms with Crippen molar-refractivity contribution in [1.29, 1.82) is 0 Å². The molecule has 2 heterocycles. The van der Waals surface area contributed by atoms with Crippen LogP contribution in [0.25, 0.3) is 11.1 Å². The number of halogens is 2. The van der Waals surface area contributed by atoms with Crippen molar-refractivity contribution in [2.75, 3.05) is 17.3 Å². The first kappa shape index (κ1) is 26.1. The molecule has 0 aliphatic carbocycles. The number of amides is 4. The van der Waals surface area contributed by atoms with E-state index in [0.29, 0.717) is 25.9 Å². The van der Waals surface area contributed by atoms with Gasteiger partial charge in [0.15, 0.2) is 0 Å². The van der Waals surface area contributed by atoms with E-state index in [1.54, 1.807) is 48.5 Å². The highest BCUT2D eigenvalue weighted by Gasteiger charge is 2.37. The van der Waals surface area contributed by atoms with Crippen LogP contribution < -0.4 is 10.2 Å². The predicted molar refractivity (Wildman–Crippen MR) is 146 cm³/mol. The van der Waals surface area contributed by atoms with E-state index in [9.17, 15) is 28.7 Å². The van der Waals surface area contributed by atoms with Crippen LogP contribution in [0, 0.1) is 5.82 Å². The average Bonchev–Trinajstić information content (AvgIpc) is 3.46. The Morgan fingerprint density at radius 1 is 1.00 bits per heavy atom. The summed E-state index contributed by atoms with van der Waals surface area (Å²) in [5.74, 6) is -2.18. The van der Waals surface area contributed by atoms with Gasteiger partial charge in [0, 0.05) is 7.05 Å². The molecule has 0 bridgehead atoms. The molecule has 0 spiro atoms. The number of carbonyl (C=O) groups excluding carboxylic acids is 3. The van der Waals surface area contributed by atoms with E-state index >= 15 is 0 Å². The van der Waals surface area contributed by atoms with Crippen molar-refractivity contribution >= 4 is 58.1 Å². The molecule has 3 aromatic carbocycles. The number of anilines is 2. The van der Waals surface area contributed by atoms with Gasteiger partial charge >= 0.3 is 6.09 Å². The molecule has 1 aliphatic heterocycles. The molecular formula is C28H19ClFN3O5S. The van der Waals surface area contributed by atoms with Crippen LogP contribution in [-0.4, -0.2) is 40.9 Å². The Morgan fingerprint density at radius 2 is 1.74 bits per heavy atom. The van der Waals surface area contributed by atoms with E-state index < -0.39 is 29.6 Å². The molecule has 2 N–H and O–H groups in total. The van der Waals surface area contributed by atoms with E-state index in [-0.39, 0.29) is 29.0 Å². The van der Waals surface area contributed by atoms with E-state index in [1.165, 1.54) is 31.3 Å². The first-order valence-electron chi connectivity index (χ1n) is 11.6. The highest BCUT2D eigenvalue weighted by atomic mass is 35.5. The van der Waals surface area contributed by atoms with Crippen molar-refractivity contribution < 1.29 is 28.7 Å². The van der Waals surface area contributed by atoms with Crippen LogP contribution in [0.2, 0.25) is 4.34 Å². The molecule has 5 rings (SSSR count). The lowest BCUT2D eigenvalue weighted by molar-refractivity contribution is 0.0642. The monoisotopic (exact) mass is 563 g/mol. The first-order valence-corrected chi connectivity index (χ1v) is 12.7. The number of nitrogens with one attached hydrogen (secondary N) is 1. The summed E-state index contributed by atoms with van der Waals surface area (Å²) >= 11 is 7.02. The molecule has 1 aromatic heterocycles. The highest BCUT2D eigenvalue weighted by Crippen LogP contribution is 2.33. The fraction of sp³-hybridized carbons (Fsp3) is 0.0714. The van der Waals surface area contributed by atoms with Crippen molar-refractivity contribution in [2.24, 2.45) is 0 Å². The number of carbonyl (C=O) groups is 4. The normalized spacial score (nSPS) is 12.4. The maximum absolute atomic E-state index is 14.3. The summed E-state index contributed by atoms with van der Waals surface area (Å²) in [7, 11) is 1.25. The van der Waals surface area contributed by atoms with Gasteiger partial charge < -0.3 is 10.4 Å². The van der Waals surface area contributed by atoms with Gasteiger partial charge in [-0.25, -0.2) is 9.18 Å². The van der Waals surface area contributed by atoms with Crippen molar-refractivity contribution in [1.82, 2.24) is 4.90 Å². The minimum absolute atomic E-state index is 0.0445. The first-order chi connectivity index (χ1) is 18.6. The fourth-order valence-electron chi connectivity index (χ4n) is 4.29. The van der Waals surface area contributed by atoms with Gasteiger partial charge in [-0.1, -0.05) is 41.9 Å². The molecule has 4 aromatic rings. The zero-order chi connectivity index (χ0) is 27.8. The van der Waals surface area contributed by atoms with Crippen LogP contribution in [0.5, 0.6) is 0 Å². The number of hydrogen-bond acceptors (Lipinski definition) is 5. The maximum atomic E-state index is 14.3. The molecule has 39 heavy (non-hydrogen) atoms. The Bertz CT molecular complexity index is 1670. The van der Waals surface area contributed by atoms with Crippen molar-refractivity contribution in [3.05, 3.63) is 105 Å². The molecule has 11 heteroatoms. The van der Waals surface area contributed by atoms with Crippen molar-refractivity contribution in [3.8, 4) is 11.1 Å². The lowest BCUT2D eigenvalue weighted by Crippen LogP contribution is -2.29. The number of nitrogens with zero attached hydrogens (tertiary/aromatic N) is 2. The zero-order valence-electron chi connectivity index (χ0n) is 20.3. The van der Waals surface area contributed by atoms with E-state index in [4.69, 9.17) is 11.6 Å². The van der Waals surface area contributed by atoms with Crippen LogP contribution in [0.15, 0.2) is 72.8 Å². The summed E-state index contributed by atoms with van der Waals surface area (Å²) in [5, 5.41) is 11.9. The Hall–Kier alpha value is -4.54. The lowest BCUT2D eigenvalue weighted by atomic mass is 10.0. The standard InChI is InChI=1S/C28H19ClFN3O5S/c1-32(28(37)38)21-13-17(8-9-19(21)30)16-5-2-4-15(12-16)14-33-26(35)18-6-3-7-20(24(18)27(33)36)31-25(34)22-10-11-23(29)39-22/h2-13H,14H2,1H3,(H,31,34)(H,37,38). The summed E-state index contributed by atoms with van der Waals surface area (Å²) in [6, 6.07) is 18.9. The topological polar surface area (TPSA) is 107 Å².